The molecule has 0 aliphatic carbocycles. The lowest BCUT2D eigenvalue weighted by atomic mass is 10.4. The molecule has 0 spiro atoms. The maximum Gasteiger partial charge on any atom is 0.137 e. The van der Waals surface area contributed by atoms with Crippen molar-refractivity contribution in [3.63, 3.8) is 0 Å². The fraction of sp³-hybridized carbons (Fsp3) is 0.273. The minimum absolute atomic E-state index is 0.921. The molecule has 2 heterocycles. The SMILES string of the molecule is CCc1nc(C)cn1-c1ccccn1. The van der Waals surface area contributed by atoms with Gasteiger partial charge in [-0.3, -0.25) is 4.57 Å². The molecule has 14 heavy (non-hydrogen) atoms. The van der Waals surface area contributed by atoms with E-state index in [2.05, 4.69) is 16.9 Å². The molecule has 0 N–H and O–H groups in total. The molecule has 0 fully saturated rings. The summed E-state index contributed by atoms with van der Waals surface area (Å²) in [7, 11) is 0. The zero-order valence-electron chi connectivity index (χ0n) is 8.44. The Kier molecular flexibility index (Phi) is 2.31. The van der Waals surface area contributed by atoms with Gasteiger partial charge in [-0.05, 0) is 19.1 Å². The predicted molar refractivity (Wildman–Crippen MR) is 55.5 cm³/mol. The van der Waals surface area contributed by atoms with Gasteiger partial charge in [-0.15, -0.1) is 0 Å². The largest absolute Gasteiger partial charge is 0.288 e. The summed E-state index contributed by atoms with van der Waals surface area (Å²) in [6.45, 7) is 4.10. The number of aryl methyl sites for hydroxylation is 2. The highest BCUT2D eigenvalue weighted by atomic mass is 15.1. The van der Waals surface area contributed by atoms with Gasteiger partial charge < -0.3 is 0 Å². The van der Waals surface area contributed by atoms with Gasteiger partial charge in [-0.1, -0.05) is 13.0 Å². The van der Waals surface area contributed by atoms with E-state index >= 15 is 0 Å². The van der Waals surface area contributed by atoms with Gasteiger partial charge in [-0.25, -0.2) is 9.97 Å². The third kappa shape index (κ3) is 1.53. The van der Waals surface area contributed by atoms with E-state index in [0.29, 0.717) is 0 Å². The van der Waals surface area contributed by atoms with Gasteiger partial charge in [0.1, 0.15) is 11.6 Å². The van der Waals surface area contributed by atoms with Crippen LogP contribution in [-0.2, 0) is 6.42 Å². The Morgan fingerprint density at radius 1 is 1.36 bits per heavy atom. The second-order valence-corrected chi connectivity index (χ2v) is 3.21. The Morgan fingerprint density at radius 3 is 2.86 bits per heavy atom. The van der Waals surface area contributed by atoms with Gasteiger partial charge in [0.25, 0.3) is 0 Å². The Morgan fingerprint density at radius 2 is 2.21 bits per heavy atom. The molecule has 0 radical (unpaired) electrons. The van der Waals surface area contributed by atoms with Crippen LogP contribution in [-0.4, -0.2) is 14.5 Å². The third-order valence-electron chi connectivity index (χ3n) is 2.11. The van der Waals surface area contributed by atoms with Gasteiger partial charge in [0.15, 0.2) is 0 Å². The Labute approximate surface area is 83.4 Å². The molecule has 0 aromatic carbocycles. The summed E-state index contributed by atoms with van der Waals surface area (Å²) in [4.78, 5) is 8.72. The first kappa shape index (κ1) is 8.94. The van der Waals surface area contributed by atoms with Crippen molar-refractivity contribution in [2.45, 2.75) is 20.3 Å². The fourth-order valence-corrected chi connectivity index (χ4v) is 1.49. The first-order valence-corrected chi connectivity index (χ1v) is 4.77. The first-order chi connectivity index (χ1) is 6.81. The Hall–Kier alpha value is -1.64. The second kappa shape index (κ2) is 3.62. The van der Waals surface area contributed by atoms with Crippen LogP contribution in [0.4, 0.5) is 0 Å². The molecule has 0 aliphatic heterocycles. The maximum atomic E-state index is 4.43. The first-order valence-electron chi connectivity index (χ1n) is 4.77. The zero-order valence-corrected chi connectivity index (χ0v) is 8.44. The van der Waals surface area contributed by atoms with Crippen molar-refractivity contribution in [1.29, 1.82) is 0 Å². The molecule has 3 heteroatoms. The van der Waals surface area contributed by atoms with Crippen LogP contribution in [0.25, 0.3) is 5.82 Å². The lowest BCUT2D eigenvalue weighted by molar-refractivity contribution is 0.867. The summed E-state index contributed by atoms with van der Waals surface area (Å²) in [6.07, 6.45) is 4.73. The molecule has 0 aliphatic rings. The van der Waals surface area contributed by atoms with Crippen molar-refractivity contribution in [2.24, 2.45) is 0 Å². The summed E-state index contributed by atoms with van der Waals surface area (Å²) in [5.74, 6) is 1.99. The summed E-state index contributed by atoms with van der Waals surface area (Å²) in [6, 6.07) is 5.89. The fourth-order valence-electron chi connectivity index (χ4n) is 1.49. The van der Waals surface area contributed by atoms with Crippen molar-refractivity contribution >= 4 is 0 Å². The standard InChI is InChI=1S/C11H13N3/c1-3-10-13-9(2)8-14(10)11-6-4-5-7-12-11/h4-8H,3H2,1-2H3. The molecular weight excluding hydrogens is 174 g/mol. The molecule has 0 saturated heterocycles. The molecule has 0 atom stereocenters. The van der Waals surface area contributed by atoms with E-state index in [1.807, 2.05) is 35.9 Å². The molecule has 0 bridgehead atoms. The van der Waals surface area contributed by atoms with Crippen LogP contribution in [0.15, 0.2) is 30.6 Å². The van der Waals surface area contributed by atoms with Crippen LogP contribution in [0.5, 0.6) is 0 Å². The van der Waals surface area contributed by atoms with E-state index in [4.69, 9.17) is 0 Å². The van der Waals surface area contributed by atoms with Gasteiger partial charge in [-0.2, -0.15) is 0 Å². The van der Waals surface area contributed by atoms with E-state index < -0.39 is 0 Å². The van der Waals surface area contributed by atoms with Crippen molar-refractivity contribution < 1.29 is 0 Å². The highest BCUT2D eigenvalue weighted by molar-refractivity contribution is 5.25. The summed E-state index contributed by atoms with van der Waals surface area (Å²) in [5, 5.41) is 0. The molecule has 72 valence electrons. The number of nitrogens with zero attached hydrogens (tertiary/aromatic N) is 3. The number of hydrogen-bond donors (Lipinski definition) is 0. The highest BCUT2D eigenvalue weighted by Crippen LogP contribution is 2.09. The second-order valence-electron chi connectivity index (χ2n) is 3.21. The number of rotatable bonds is 2. The van der Waals surface area contributed by atoms with Gasteiger partial charge in [0.2, 0.25) is 0 Å². The predicted octanol–water partition coefficient (Wildman–Crippen LogP) is 2.14. The van der Waals surface area contributed by atoms with Gasteiger partial charge in [0.05, 0.1) is 5.69 Å². The van der Waals surface area contributed by atoms with E-state index in [-0.39, 0.29) is 0 Å². The Bertz CT molecular complexity index is 417. The lowest BCUT2D eigenvalue weighted by Gasteiger charge is -2.03. The summed E-state index contributed by atoms with van der Waals surface area (Å²) in [5.41, 5.74) is 1.03. The molecule has 0 saturated carbocycles. The highest BCUT2D eigenvalue weighted by Gasteiger charge is 2.05. The van der Waals surface area contributed by atoms with Crippen molar-refractivity contribution in [3.8, 4) is 5.82 Å². The lowest BCUT2D eigenvalue weighted by Crippen LogP contribution is -2.00. The normalized spacial score (nSPS) is 10.4. The van der Waals surface area contributed by atoms with Gasteiger partial charge >= 0.3 is 0 Å². The maximum absolute atomic E-state index is 4.43. The number of imidazole rings is 1. The average molecular weight is 187 g/mol. The molecule has 0 amide bonds. The monoisotopic (exact) mass is 187 g/mol. The topological polar surface area (TPSA) is 30.7 Å². The average Bonchev–Trinajstić information content (AvgIpc) is 2.61. The van der Waals surface area contributed by atoms with Crippen LogP contribution in [0, 0.1) is 6.92 Å². The summed E-state index contributed by atoms with van der Waals surface area (Å²) < 4.78 is 2.04. The van der Waals surface area contributed by atoms with Crippen LogP contribution in [0.3, 0.4) is 0 Å². The van der Waals surface area contributed by atoms with Crippen LogP contribution >= 0.6 is 0 Å². The van der Waals surface area contributed by atoms with Crippen molar-refractivity contribution in [3.05, 3.63) is 42.1 Å². The zero-order chi connectivity index (χ0) is 9.97. The summed E-state index contributed by atoms with van der Waals surface area (Å²) >= 11 is 0. The molecule has 2 rings (SSSR count). The van der Waals surface area contributed by atoms with Gasteiger partial charge in [0, 0.05) is 18.8 Å². The molecule has 0 unspecified atom stereocenters. The van der Waals surface area contributed by atoms with E-state index in [1.54, 1.807) is 6.20 Å². The molecule has 2 aromatic heterocycles. The van der Waals surface area contributed by atoms with Crippen molar-refractivity contribution in [2.75, 3.05) is 0 Å². The van der Waals surface area contributed by atoms with E-state index in [0.717, 1.165) is 23.8 Å². The third-order valence-corrected chi connectivity index (χ3v) is 2.11. The molecule has 3 nitrogen and oxygen atoms in total. The van der Waals surface area contributed by atoms with Crippen molar-refractivity contribution in [1.82, 2.24) is 14.5 Å². The molecular formula is C11H13N3. The van der Waals surface area contributed by atoms with E-state index in [1.165, 1.54) is 0 Å². The van der Waals surface area contributed by atoms with Crippen LogP contribution < -0.4 is 0 Å². The number of hydrogen-bond acceptors (Lipinski definition) is 2. The molecule has 2 aromatic rings. The quantitative estimate of drug-likeness (QED) is 0.721. The Balaban J connectivity index is 2.51. The van der Waals surface area contributed by atoms with Crippen LogP contribution in [0.2, 0.25) is 0 Å². The number of pyridine rings is 1. The minimum atomic E-state index is 0.921. The van der Waals surface area contributed by atoms with E-state index in [9.17, 15) is 0 Å². The van der Waals surface area contributed by atoms with Crippen LogP contribution in [0.1, 0.15) is 18.4 Å². The minimum Gasteiger partial charge on any atom is -0.288 e. The number of aromatic nitrogens is 3. The smallest absolute Gasteiger partial charge is 0.137 e.